The highest BCUT2D eigenvalue weighted by Crippen LogP contribution is 2.24. The quantitative estimate of drug-likeness (QED) is 0.798. The molecule has 0 unspecified atom stereocenters. The third-order valence-electron chi connectivity index (χ3n) is 3.35. The molecule has 0 aromatic heterocycles. The van der Waals surface area contributed by atoms with Gasteiger partial charge in [-0.3, -0.25) is 4.90 Å². The van der Waals surface area contributed by atoms with Crippen LogP contribution in [0.3, 0.4) is 0 Å². The van der Waals surface area contributed by atoms with Crippen LogP contribution in [0.25, 0.3) is 0 Å². The average molecular weight is 324 g/mol. The fourth-order valence-corrected chi connectivity index (χ4v) is 2.53. The Balaban J connectivity index is 2.08. The molecule has 0 N–H and O–H groups in total. The van der Waals surface area contributed by atoms with Crippen LogP contribution in [-0.4, -0.2) is 26.2 Å². The van der Waals surface area contributed by atoms with E-state index in [0.29, 0.717) is 18.1 Å². The Hall–Kier alpha value is -1.78. The Morgan fingerprint density at radius 3 is 2.32 bits per heavy atom. The molecule has 0 heterocycles. The Morgan fingerprint density at radius 2 is 1.68 bits per heavy atom. The van der Waals surface area contributed by atoms with Gasteiger partial charge in [0.2, 0.25) is 0 Å². The highest BCUT2D eigenvalue weighted by Gasteiger charge is 2.09. The van der Waals surface area contributed by atoms with Gasteiger partial charge in [0, 0.05) is 23.7 Å². The molecule has 0 aliphatic carbocycles. The third kappa shape index (κ3) is 4.12. The number of ether oxygens (including phenoxy) is 2. The molecule has 5 heteroatoms. The second-order valence-corrected chi connectivity index (χ2v) is 5.53. The fraction of sp³-hybridized carbons (Fsp3) is 0.294. The van der Waals surface area contributed by atoms with Crippen molar-refractivity contribution in [1.82, 2.24) is 4.90 Å². The highest BCUT2D eigenvalue weighted by atomic mass is 35.5. The summed E-state index contributed by atoms with van der Waals surface area (Å²) in [6.07, 6.45) is 0. The Kier molecular flexibility index (Phi) is 5.63. The van der Waals surface area contributed by atoms with Crippen molar-refractivity contribution in [1.29, 1.82) is 0 Å². The van der Waals surface area contributed by atoms with E-state index in [-0.39, 0.29) is 11.6 Å². The molecule has 0 saturated heterocycles. The van der Waals surface area contributed by atoms with Crippen LogP contribution in [-0.2, 0) is 13.1 Å². The van der Waals surface area contributed by atoms with Gasteiger partial charge in [-0.05, 0) is 42.9 Å². The largest absolute Gasteiger partial charge is 0.496 e. The Bertz CT molecular complexity index is 649. The van der Waals surface area contributed by atoms with Gasteiger partial charge in [0.25, 0.3) is 0 Å². The van der Waals surface area contributed by atoms with E-state index in [9.17, 15) is 4.39 Å². The van der Waals surface area contributed by atoms with Gasteiger partial charge in [-0.25, -0.2) is 4.39 Å². The lowest BCUT2D eigenvalue weighted by Gasteiger charge is -2.19. The summed E-state index contributed by atoms with van der Waals surface area (Å²) in [4.78, 5) is 2.06. The molecule has 0 bridgehead atoms. The molecule has 22 heavy (non-hydrogen) atoms. The van der Waals surface area contributed by atoms with Crippen LogP contribution in [0.4, 0.5) is 4.39 Å². The lowest BCUT2D eigenvalue weighted by molar-refractivity contribution is 0.309. The van der Waals surface area contributed by atoms with E-state index in [4.69, 9.17) is 21.1 Å². The van der Waals surface area contributed by atoms with Crippen molar-refractivity contribution >= 4 is 11.6 Å². The van der Waals surface area contributed by atoms with Crippen LogP contribution >= 0.6 is 11.6 Å². The van der Waals surface area contributed by atoms with Crippen LogP contribution in [0, 0.1) is 5.82 Å². The van der Waals surface area contributed by atoms with Crippen molar-refractivity contribution in [2.45, 2.75) is 13.1 Å². The molecule has 0 radical (unpaired) electrons. The van der Waals surface area contributed by atoms with Gasteiger partial charge in [0.05, 0.1) is 14.2 Å². The molecule has 3 nitrogen and oxygen atoms in total. The van der Waals surface area contributed by atoms with Crippen molar-refractivity contribution in [2.24, 2.45) is 0 Å². The van der Waals surface area contributed by atoms with Gasteiger partial charge in [0.15, 0.2) is 11.6 Å². The van der Waals surface area contributed by atoms with Crippen LogP contribution in [0.1, 0.15) is 11.1 Å². The summed E-state index contributed by atoms with van der Waals surface area (Å²) >= 11 is 6.03. The highest BCUT2D eigenvalue weighted by molar-refractivity contribution is 6.30. The molecule has 118 valence electrons. The van der Waals surface area contributed by atoms with E-state index in [1.54, 1.807) is 19.2 Å². The van der Waals surface area contributed by atoms with Crippen LogP contribution in [0.5, 0.6) is 11.5 Å². The van der Waals surface area contributed by atoms with Crippen molar-refractivity contribution < 1.29 is 13.9 Å². The topological polar surface area (TPSA) is 21.7 Å². The van der Waals surface area contributed by atoms with Crippen LogP contribution in [0.15, 0.2) is 36.4 Å². The molecular weight excluding hydrogens is 305 g/mol. The third-order valence-corrected chi connectivity index (χ3v) is 3.59. The molecule has 0 amide bonds. The van der Waals surface area contributed by atoms with E-state index in [1.165, 1.54) is 13.2 Å². The number of hydrogen-bond acceptors (Lipinski definition) is 3. The first-order chi connectivity index (χ1) is 10.5. The van der Waals surface area contributed by atoms with Crippen LogP contribution in [0.2, 0.25) is 5.02 Å². The Morgan fingerprint density at radius 1 is 1.00 bits per heavy atom. The SMILES string of the molecule is COc1ccc(CN(C)Cc2cc(Cl)ccc2OC)cc1F. The van der Waals surface area contributed by atoms with Gasteiger partial charge < -0.3 is 9.47 Å². The molecule has 0 aliphatic rings. The minimum atomic E-state index is -0.353. The summed E-state index contributed by atoms with van der Waals surface area (Å²) in [6, 6.07) is 10.5. The second kappa shape index (κ2) is 7.47. The normalized spacial score (nSPS) is 10.8. The summed E-state index contributed by atoms with van der Waals surface area (Å²) in [7, 11) is 5.05. The predicted molar refractivity (Wildman–Crippen MR) is 86.1 cm³/mol. The number of benzene rings is 2. The minimum Gasteiger partial charge on any atom is -0.496 e. The summed E-state index contributed by atoms with van der Waals surface area (Å²) in [6.45, 7) is 1.26. The molecule has 0 saturated carbocycles. The summed E-state index contributed by atoms with van der Waals surface area (Å²) in [5.74, 6) is 0.689. The maximum absolute atomic E-state index is 13.7. The number of methoxy groups -OCH3 is 2. The Labute approximate surface area is 135 Å². The number of rotatable bonds is 6. The minimum absolute atomic E-state index is 0.253. The van der Waals surface area contributed by atoms with E-state index < -0.39 is 0 Å². The van der Waals surface area contributed by atoms with Crippen molar-refractivity contribution in [2.75, 3.05) is 21.3 Å². The molecule has 0 fully saturated rings. The van der Waals surface area contributed by atoms with Crippen molar-refractivity contribution in [3.05, 3.63) is 58.4 Å². The molecule has 0 atom stereocenters. The monoisotopic (exact) mass is 323 g/mol. The van der Waals surface area contributed by atoms with E-state index >= 15 is 0 Å². The molecule has 0 aliphatic heterocycles. The van der Waals surface area contributed by atoms with E-state index in [1.807, 2.05) is 25.2 Å². The first-order valence-corrected chi connectivity index (χ1v) is 7.24. The average Bonchev–Trinajstić information content (AvgIpc) is 2.47. The van der Waals surface area contributed by atoms with Crippen LogP contribution < -0.4 is 9.47 Å². The van der Waals surface area contributed by atoms with Gasteiger partial charge >= 0.3 is 0 Å². The molecule has 2 aromatic carbocycles. The van der Waals surface area contributed by atoms with Crippen molar-refractivity contribution in [3.63, 3.8) is 0 Å². The lowest BCUT2D eigenvalue weighted by atomic mass is 10.1. The van der Waals surface area contributed by atoms with E-state index in [0.717, 1.165) is 16.9 Å². The zero-order chi connectivity index (χ0) is 16.1. The fourth-order valence-electron chi connectivity index (χ4n) is 2.34. The number of halogens is 2. The summed E-state index contributed by atoms with van der Waals surface area (Å²) in [5, 5.41) is 0.666. The summed E-state index contributed by atoms with van der Waals surface area (Å²) < 4.78 is 24.0. The summed E-state index contributed by atoms with van der Waals surface area (Å²) in [5.41, 5.74) is 1.87. The first kappa shape index (κ1) is 16.6. The maximum Gasteiger partial charge on any atom is 0.165 e. The maximum atomic E-state index is 13.7. The molecular formula is C17H19ClFNO2. The predicted octanol–water partition coefficient (Wildman–Crippen LogP) is 4.13. The smallest absolute Gasteiger partial charge is 0.165 e. The molecule has 2 aromatic rings. The second-order valence-electron chi connectivity index (χ2n) is 5.10. The van der Waals surface area contributed by atoms with Gasteiger partial charge in [-0.2, -0.15) is 0 Å². The zero-order valence-electron chi connectivity index (χ0n) is 12.9. The van der Waals surface area contributed by atoms with Gasteiger partial charge in [-0.15, -0.1) is 0 Å². The molecule has 2 rings (SSSR count). The number of hydrogen-bond donors (Lipinski definition) is 0. The standard InChI is InChI=1S/C17H19ClFNO2/c1-20(10-12-4-6-17(22-3)15(19)8-12)11-13-9-14(18)5-7-16(13)21-2/h4-9H,10-11H2,1-3H3. The zero-order valence-corrected chi connectivity index (χ0v) is 13.7. The van der Waals surface area contributed by atoms with E-state index in [2.05, 4.69) is 4.90 Å². The van der Waals surface area contributed by atoms with Gasteiger partial charge in [0.1, 0.15) is 5.75 Å². The van der Waals surface area contributed by atoms with Crippen molar-refractivity contribution in [3.8, 4) is 11.5 Å². The first-order valence-electron chi connectivity index (χ1n) is 6.87. The van der Waals surface area contributed by atoms with Gasteiger partial charge in [-0.1, -0.05) is 17.7 Å². The lowest BCUT2D eigenvalue weighted by Crippen LogP contribution is -2.17. The number of nitrogens with zero attached hydrogens (tertiary/aromatic N) is 1. The molecule has 0 spiro atoms.